The van der Waals surface area contributed by atoms with Crippen molar-refractivity contribution in [2.24, 2.45) is 0 Å². The number of nitrogens with zero attached hydrogens (tertiary/aromatic N) is 6. The average molecular weight is 803 g/mol. The van der Waals surface area contributed by atoms with Gasteiger partial charge in [-0.2, -0.15) is 0 Å². The summed E-state index contributed by atoms with van der Waals surface area (Å²) in [7, 11) is 0. The van der Waals surface area contributed by atoms with E-state index in [0.29, 0.717) is 18.1 Å². The predicted molar refractivity (Wildman–Crippen MR) is 225 cm³/mol. The van der Waals surface area contributed by atoms with Crippen molar-refractivity contribution in [2.75, 3.05) is 0 Å². The van der Waals surface area contributed by atoms with E-state index in [1.54, 1.807) is 25.3 Å². The molecule has 0 bridgehead atoms. The Morgan fingerprint density at radius 1 is 0.783 bits per heavy atom. The minimum atomic E-state index is -1.46. The average Bonchev–Trinajstić information content (AvgIpc) is 3.99. The Hall–Kier alpha value is -6.92. The molecule has 2 unspecified atom stereocenters. The number of esters is 1. The number of hydrogen-bond acceptors (Lipinski definition) is 10. The SMILES string of the molecule is CCCc1nc(C(=O)OCc2ccc(-c3ccccc3-c3nnnn3C(c3ccccc3)(c3ccccc3)c3ccccc3)cc2)c(C(C)(C)O)n1CC1OC(=O)OC1C. The van der Waals surface area contributed by atoms with Crippen LogP contribution in [0.3, 0.4) is 0 Å². The molecule has 12 nitrogen and oxygen atoms in total. The van der Waals surface area contributed by atoms with Crippen molar-refractivity contribution >= 4 is 12.1 Å². The lowest BCUT2D eigenvalue weighted by Gasteiger charge is -2.36. The molecule has 2 atom stereocenters. The summed E-state index contributed by atoms with van der Waals surface area (Å²) in [5.41, 5.74) is 4.34. The molecule has 1 saturated heterocycles. The quantitative estimate of drug-likeness (QED) is 0.0840. The molecule has 60 heavy (non-hydrogen) atoms. The summed E-state index contributed by atoms with van der Waals surface area (Å²) in [4.78, 5) is 30.3. The maximum absolute atomic E-state index is 13.8. The van der Waals surface area contributed by atoms with Crippen LogP contribution < -0.4 is 0 Å². The summed E-state index contributed by atoms with van der Waals surface area (Å²) in [6.45, 7) is 7.06. The van der Waals surface area contributed by atoms with E-state index in [1.165, 1.54) is 0 Å². The van der Waals surface area contributed by atoms with Crippen molar-refractivity contribution in [3.8, 4) is 22.5 Å². The van der Waals surface area contributed by atoms with Gasteiger partial charge >= 0.3 is 12.1 Å². The number of tetrazole rings is 1. The normalized spacial score (nSPS) is 15.4. The molecule has 8 rings (SSSR count). The van der Waals surface area contributed by atoms with Crippen molar-refractivity contribution < 1.29 is 28.9 Å². The van der Waals surface area contributed by atoms with Crippen molar-refractivity contribution in [3.05, 3.63) is 179 Å². The minimum Gasteiger partial charge on any atom is -0.456 e. The summed E-state index contributed by atoms with van der Waals surface area (Å²) in [5, 5.41) is 25.0. The summed E-state index contributed by atoms with van der Waals surface area (Å²) in [6.07, 6.45) is -0.586. The van der Waals surface area contributed by atoms with Crippen molar-refractivity contribution in [2.45, 2.75) is 77.0 Å². The Kier molecular flexibility index (Phi) is 11.1. The molecule has 12 heteroatoms. The van der Waals surface area contributed by atoms with E-state index in [2.05, 4.69) is 51.7 Å². The van der Waals surface area contributed by atoms with Crippen LogP contribution in [0.4, 0.5) is 4.79 Å². The van der Waals surface area contributed by atoms with Crippen LogP contribution in [0.25, 0.3) is 22.5 Å². The van der Waals surface area contributed by atoms with Gasteiger partial charge in [-0.3, -0.25) is 0 Å². The lowest BCUT2D eigenvalue weighted by Crippen LogP contribution is -2.39. The molecule has 0 amide bonds. The van der Waals surface area contributed by atoms with Gasteiger partial charge in [-0.25, -0.2) is 19.3 Å². The second kappa shape index (κ2) is 16.7. The van der Waals surface area contributed by atoms with E-state index in [0.717, 1.165) is 45.4 Å². The predicted octanol–water partition coefficient (Wildman–Crippen LogP) is 8.50. The van der Waals surface area contributed by atoms with Crippen LogP contribution in [0.2, 0.25) is 0 Å². The number of aryl methyl sites for hydroxylation is 1. The van der Waals surface area contributed by atoms with Crippen LogP contribution in [0, 0.1) is 0 Å². The van der Waals surface area contributed by atoms with Crippen molar-refractivity contribution in [1.82, 2.24) is 29.8 Å². The summed E-state index contributed by atoms with van der Waals surface area (Å²) >= 11 is 0. The van der Waals surface area contributed by atoms with E-state index < -0.39 is 35.5 Å². The lowest BCUT2D eigenvalue weighted by molar-refractivity contribution is 0.0413. The molecule has 1 aliphatic heterocycles. The van der Waals surface area contributed by atoms with Crippen molar-refractivity contribution in [3.63, 3.8) is 0 Å². The zero-order valence-electron chi connectivity index (χ0n) is 33.9. The number of rotatable bonds is 14. The number of ether oxygens (including phenoxy) is 3. The number of cyclic esters (lactones) is 2. The smallest absolute Gasteiger partial charge is 0.456 e. The monoisotopic (exact) mass is 802 g/mol. The van der Waals surface area contributed by atoms with E-state index in [4.69, 9.17) is 19.4 Å². The van der Waals surface area contributed by atoms with E-state index >= 15 is 0 Å². The fraction of sp³-hybridized carbons (Fsp3) is 0.250. The van der Waals surface area contributed by atoms with Gasteiger partial charge in [0.05, 0.1) is 12.2 Å². The standard InChI is InChI=1S/C48H46N6O6/c1-5-17-41-49-42(43(47(3,4)57)53(41)30-40-32(2)59-46(56)60-40)45(55)58-31-33-26-28-34(29-27-33)38-24-15-16-25-39(38)44-50-51-52-54(44)48(35-18-9-6-10-19-35,36-20-11-7-12-21-36)37-22-13-8-14-23-37/h6-16,18-29,32,40,57H,5,17,30-31H2,1-4H3. The van der Waals surface area contributed by atoms with E-state index in [9.17, 15) is 14.7 Å². The number of benzene rings is 5. The highest BCUT2D eigenvalue weighted by Crippen LogP contribution is 2.43. The highest BCUT2D eigenvalue weighted by atomic mass is 16.8. The van der Waals surface area contributed by atoms with Gasteiger partial charge in [0.25, 0.3) is 0 Å². The van der Waals surface area contributed by atoms with E-state index in [-0.39, 0.29) is 24.5 Å². The van der Waals surface area contributed by atoms with E-state index in [1.807, 2.05) is 115 Å². The molecule has 1 N–H and O–H groups in total. The first-order valence-corrected chi connectivity index (χ1v) is 20.1. The van der Waals surface area contributed by atoms with Crippen LogP contribution in [-0.2, 0) is 44.9 Å². The maximum atomic E-state index is 13.8. The largest absolute Gasteiger partial charge is 0.509 e. The molecule has 1 fully saturated rings. The van der Waals surface area contributed by atoms with Crippen LogP contribution in [-0.4, -0.2) is 59.2 Å². The lowest BCUT2D eigenvalue weighted by atomic mass is 9.77. The van der Waals surface area contributed by atoms with Gasteiger partial charge in [0.2, 0.25) is 0 Å². The highest BCUT2D eigenvalue weighted by molar-refractivity contribution is 5.89. The van der Waals surface area contributed by atoms with Gasteiger partial charge in [-0.1, -0.05) is 146 Å². The third kappa shape index (κ3) is 7.57. The Balaban J connectivity index is 1.10. The Bertz CT molecular complexity index is 2490. The molecule has 5 aromatic carbocycles. The second-order valence-corrected chi connectivity index (χ2v) is 15.4. The molecule has 0 spiro atoms. The first kappa shape index (κ1) is 39.9. The minimum absolute atomic E-state index is 0.0182. The Labute approximate surface area is 348 Å². The Morgan fingerprint density at radius 2 is 1.35 bits per heavy atom. The molecule has 0 aliphatic carbocycles. The molecule has 7 aromatic rings. The van der Waals surface area contributed by atoms with Gasteiger partial charge in [0.15, 0.2) is 17.6 Å². The van der Waals surface area contributed by atoms with Gasteiger partial charge in [-0.15, -0.1) is 5.10 Å². The summed E-state index contributed by atoms with van der Waals surface area (Å²) in [6, 6.07) is 46.7. The van der Waals surface area contributed by atoms with Crippen molar-refractivity contribution in [1.29, 1.82) is 0 Å². The van der Waals surface area contributed by atoms with Gasteiger partial charge in [0.1, 0.15) is 29.7 Å². The molecular weight excluding hydrogens is 757 g/mol. The number of carbonyl (C=O) groups excluding carboxylic acids is 2. The fourth-order valence-corrected chi connectivity index (χ4v) is 8.13. The molecule has 1 aliphatic rings. The number of imidazole rings is 1. The van der Waals surface area contributed by atoms with Crippen LogP contribution in [0.1, 0.15) is 78.4 Å². The summed E-state index contributed by atoms with van der Waals surface area (Å²) < 4.78 is 20.1. The Morgan fingerprint density at radius 3 is 1.88 bits per heavy atom. The molecule has 2 aromatic heterocycles. The molecule has 304 valence electrons. The molecule has 0 saturated carbocycles. The zero-order chi connectivity index (χ0) is 41.9. The van der Waals surface area contributed by atoms with Gasteiger partial charge < -0.3 is 23.9 Å². The van der Waals surface area contributed by atoms with Crippen LogP contribution in [0.15, 0.2) is 140 Å². The maximum Gasteiger partial charge on any atom is 0.509 e. The number of aromatic nitrogens is 6. The van der Waals surface area contributed by atoms with Gasteiger partial charge in [-0.05, 0) is 71.0 Å². The number of hydrogen-bond donors (Lipinski definition) is 1. The fourth-order valence-electron chi connectivity index (χ4n) is 8.13. The molecule has 3 heterocycles. The number of aliphatic hydroxyl groups is 1. The molecule has 0 radical (unpaired) electrons. The summed E-state index contributed by atoms with van der Waals surface area (Å²) in [5.74, 6) is 0.494. The third-order valence-electron chi connectivity index (χ3n) is 10.9. The second-order valence-electron chi connectivity index (χ2n) is 15.4. The first-order chi connectivity index (χ1) is 29.1. The molecular formula is C48H46N6O6. The topological polar surface area (TPSA) is 143 Å². The first-order valence-electron chi connectivity index (χ1n) is 20.1. The number of carbonyl (C=O) groups is 2. The van der Waals surface area contributed by atoms with Crippen LogP contribution in [0.5, 0.6) is 0 Å². The van der Waals surface area contributed by atoms with Crippen LogP contribution >= 0.6 is 0 Å². The third-order valence-corrected chi connectivity index (χ3v) is 10.9. The van der Waals surface area contributed by atoms with Gasteiger partial charge in [0, 0.05) is 12.0 Å². The zero-order valence-corrected chi connectivity index (χ0v) is 33.9. The highest BCUT2D eigenvalue weighted by Gasteiger charge is 2.42.